The van der Waals surface area contributed by atoms with Crippen molar-refractivity contribution in [2.24, 2.45) is 0 Å². The van der Waals surface area contributed by atoms with Crippen LogP contribution in [0.5, 0.6) is 0 Å². The van der Waals surface area contributed by atoms with Gasteiger partial charge >= 0.3 is 0 Å². The molecule has 140 valence electrons. The van der Waals surface area contributed by atoms with Crippen molar-refractivity contribution in [2.45, 2.75) is 57.9 Å². The molecule has 25 heavy (non-hydrogen) atoms. The SMILES string of the molecule is Cc1c(Cl)cccc1NC(=O)CCN(C1CCCCCC1)S(C)(=O)=O. The number of sulfonamides is 1. The molecule has 0 radical (unpaired) electrons. The lowest BCUT2D eigenvalue weighted by molar-refractivity contribution is -0.116. The normalized spacial score (nSPS) is 16.6. The molecule has 1 aliphatic carbocycles. The fraction of sp³-hybridized carbons (Fsp3) is 0.611. The molecule has 0 aliphatic heterocycles. The number of carbonyl (C=O) groups is 1. The Labute approximate surface area is 155 Å². The number of hydrogen-bond donors (Lipinski definition) is 1. The highest BCUT2D eigenvalue weighted by Crippen LogP contribution is 2.25. The molecule has 0 heterocycles. The van der Waals surface area contributed by atoms with Crippen LogP contribution in [0.3, 0.4) is 0 Å². The van der Waals surface area contributed by atoms with Crippen molar-refractivity contribution in [3.63, 3.8) is 0 Å². The predicted molar refractivity (Wildman–Crippen MR) is 102 cm³/mol. The lowest BCUT2D eigenvalue weighted by Gasteiger charge is -2.28. The molecule has 7 heteroatoms. The topological polar surface area (TPSA) is 66.5 Å². The summed E-state index contributed by atoms with van der Waals surface area (Å²) in [4.78, 5) is 12.3. The summed E-state index contributed by atoms with van der Waals surface area (Å²) in [7, 11) is -3.33. The van der Waals surface area contributed by atoms with E-state index < -0.39 is 10.0 Å². The van der Waals surface area contributed by atoms with Crippen LogP contribution >= 0.6 is 11.6 Å². The summed E-state index contributed by atoms with van der Waals surface area (Å²) in [6, 6.07) is 5.35. The zero-order valence-electron chi connectivity index (χ0n) is 14.9. The summed E-state index contributed by atoms with van der Waals surface area (Å²) in [5.41, 5.74) is 1.47. The second-order valence-corrected chi connectivity index (χ2v) is 9.07. The maximum atomic E-state index is 12.3. The molecule has 0 saturated heterocycles. The number of amides is 1. The third-order valence-electron chi connectivity index (χ3n) is 4.76. The Kier molecular flexibility index (Phi) is 7.28. The van der Waals surface area contributed by atoms with E-state index in [0.717, 1.165) is 44.1 Å². The molecule has 2 rings (SSSR count). The minimum Gasteiger partial charge on any atom is -0.326 e. The molecule has 1 saturated carbocycles. The van der Waals surface area contributed by atoms with Gasteiger partial charge in [0.15, 0.2) is 0 Å². The first-order valence-corrected chi connectivity index (χ1v) is 11.0. The standard InChI is InChI=1S/C18H27ClN2O3S/c1-14-16(19)10-7-11-17(14)20-18(22)12-13-21(25(2,23)24)15-8-5-3-4-6-9-15/h7,10-11,15H,3-6,8-9,12-13H2,1-2H3,(H,20,22). The fourth-order valence-corrected chi connectivity index (χ4v) is 4.68. The summed E-state index contributed by atoms with van der Waals surface area (Å²) in [6.07, 6.45) is 7.52. The first-order valence-electron chi connectivity index (χ1n) is 8.81. The van der Waals surface area contributed by atoms with Crippen LogP contribution in [0.15, 0.2) is 18.2 Å². The summed E-state index contributed by atoms with van der Waals surface area (Å²) in [6.45, 7) is 2.06. The van der Waals surface area contributed by atoms with Crippen molar-refractivity contribution in [1.29, 1.82) is 0 Å². The molecule has 0 spiro atoms. The van der Waals surface area contributed by atoms with Gasteiger partial charge in [0.2, 0.25) is 15.9 Å². The van der Waals surface area contributed by atoms with Crippen molar-refractivity contribution in [1.82, 2.24) is 4.31 Å². The van der Waals surface area contributed by atoms with Crippen molar-refractivity contribution in [2.75, 3.05) is 18.1 Å². The largest absolute Gasteiger partial charge is 0.326 e. The van der Waals surface area contributed by atoms with E-state index in [1.165, 1.54) is 10.6 Å². The number of benzene rings is 1. The minimum atomic E-state index is -3.33. The van der Waals surface area contributed by atoms with Gasteiger partial charge in [-0.3, -0.25) is 4.79 Å². The molecule has 5 nitrogen and oxygen atoms in total. The summed E-state index contributed by atoms with van der Waals surface area (Å²) < 4.78 is 25.9. The van der Waals surface area contributed by atoms with Gasteiger partial charge in [0.05, 0.1) is 6.26 Å². The Morgan fingerprint density at radius 1 is 1.24 bits per heavy atom. The van der Waals surface area contributed by atoms with Crippen LogP contribution in [0.2, 0.25) is 5.02 Å². The molecule has 0 aromatic heterocycles. The van der Waals surface area contributed by atoms with E-state index in [-0.39, 0.29) is 24.9 Å². The second-order valence-electron chi connectivity index (χ2n) is 6.73. The smallest absolute Gasteiger partial charge is 0.225 e. The number of rotatable bonds is 6. The molecular formula is C18H27ClN2O3S. The van der Waals surface area contributed by atoms with Gasteiger partial charge in [-0.25, -0.2) is 8.42 Å². The minimum absolute atomic E-state index is 0.0122. The molecule has 1 N–H and O–H groups in total. The van der Waals surface area contributed by atoms with E-state index in [4.69, 9.17) is 11.6 Å². The number of halogens is 1. The van der Waals surface area contributed by atoms with Gasteiger partial charge in [-0.2, -0.15) is 4.31 Å². The highest BCUT2D eigenvalue weighted by atomic mass is 35.5. The maximum Gasteiger partial charge on any atom is 0.225 e. The van der Waals surface area contributed by atoms with Gasteiger partial charge in [-0.15, -0.1) is 0 Å². The van der Waals surface area contributed by atoms with Crippen molar-refractivity contribution in [3.05, 3.63) is 28.8 Å². The second kappa shape index (κ2) is 9.01. The van der Waals surface area contributed by atoms with E-state index in [0.29, 0.717) is 10.7 Å². The van der Waals surface area contributed by atoms with Crippen LogP contribution in [0.25, 0.3) is 0 Å². The lowest BCUT2D eigenvalue weighted by Crippen LogP contribution is -2.41. The summed E-state index contributed by atoms with van der Waals surface area (Å²) in [5.74, 6) is -0.201. The Morgan fingerprint density at radius 2 is 1.88 bits per heavy atom. The van der Waals surface area contributed by atoms with Crippen LogP contribution in [-0.2, 0) is 14.8 Å². The molecular weight excluding hydrogens is 360 g/mol. The zero-order chi connectivity index (χ0) is 18.4. The quantitative estimate of drug-likeness (QED) is 0.752. The molecule has 1 aromatic rings. The van der Waals surface area contributed by atoms with Gasteiger partial charge in [0, 0.05) is 29.7 Å². The highest BCUT2D eigenvalue weighted by molar-refractivity contribution is 7.88. The third kappa shape index (κ3) is 5.97. The van der Waals surface area contributed by atoms with Crippen molar-refractivity contribution >= 4 is 33.2 Å². The predicted octanol–water partition coefficient (Wildman–Crippen LogP) is 3.96. The van der Waals surface area contributed by atoms with Gasteiger partial charge in [-0.05, 0) is 37.5 Å². The van der Waals surface area contributed by atoms with E-state index in [2.05, 4.69) is 5.32 Å². The summed E-state index contributed by atoms with van der Waals surface area (Å²) in [5, 5.41) is 3.42. The number of anilines is 1. The Morgan fingerprint density at radius 3 is 2.48 bits per heavy atom. The zero-order valence-corrected chi connectivity index (χ0v) is 16.5. The van der Waals surface area contributed by atoms with Crippen LogP contribution in [0.1, 0.15) is 50.5 Å². The third-order valence-corrected chi connectivity index (χ3v) is 6.50. The van der Waals surface area contributed by atoms with Crippen molar-refractivity contribution in [3.8, 4) is 0 Å². The van der Waals surface area contributed by atoms with Gasteiger partial charge in [-0.1, -0.05) is 43.4 Å². The van der Waals surface area contributed by atoms with Gasteiger partial charge in [0.25, 0.3) is 0 Å². The molecule has 0 unspecified atom stereocenters. The molecule has 0 bridgehead atoms. The Hall–Kier alpha value is -1.11. The number of nitrogens with zero attached hydrogens (tertiary/aromatic N) is 1. The Bertz CT molecular complexity index is 698. The van der Waals surface area contributed by atoms with E-state index in [1.807, 2.05) is 6.92 Å². The first kappa shape index (κ1) is 20.2. The van der Waals surface area contributed by atoms with Crippen LogP contribution in [0, 0.1) is 6.92 Å². The number of hydrogen-bond acceptors (Lipinski definition) is 3. The average molecular weight is 387 g/mol. The van der Waals surface area contributed by atoms with Gasteiger partial charge in [0.1, 0.15) is 0 Å². The van der Waals surface area contributed by atoms with Crippen LogP contribution in [0.4, 0.5) is 5.69 Å². The molecule has 0 atom stereocenters. The number of carbonyl (C=O) groups excluding carboxylic acids is 1. The van der Waals surface area contributed by atoms with Crippen LogP contribution in [-0.4, -0.2) is 37.5 Å². The first-order chi connectivity index (χ1) is 11.8. The number of nitrogens with one attached hydrogen (secondary N) is 1. The van der Waals surface area contributed by atoms with Gasteiger partial charge < -0.3 is 5.32 Å². The average Bonchev–Trinajstić information content (AvgIpc) is 2.80. The molecule has 1 amide bonds. The van der Waals surface area contributed by atoms with E-state index in [9.17, 15) is 13.2 Å². The summed E-state index contributed by atoms with van der Waals surface area (Å²) >= 11 is 6.06. The molecule has 1 fully saturated rings. The lowest BCUT2D eigenvalue weighted by atomic mass is 10.1. The van der Waals surface area contributed by atoms with Crippen LogP contribution < -0.4 is 5.32 Å². The fourth-order valence-electron chi connectivity index (χ4n) is 3.33. The maximum absolute atomic E-state index is 12.3. The Balaban J connectivity index is 1.99. The molecule has 1 aromatic carbocycles. The molecule has 1 aliphatic rings. The van der Waals surface area contributed by atoms with E-state index in [1.54, 1.807) is 18.2 Å². The monoisotopic (exact) mass is 386 g/mol. The van der Waals surface area contributed by atoms with Crippen molar-refractivity contribution < 1.29 is 13.2 Å². The van der Waals surface area contributed by atoms with E-state index >= 15 is 0 Å². The highest BCUT2D eigenvalue weighted by Gasteiger charge is 2.27.